The van der Waals surface area contributed by atoms with Crippen molar-refractivity contribution in [3.8, 4) is 5.75 Å². The Morgan fingerprint density at radius 2 is 2.10 bits per heavy atom. The van der Waals surface area contributed by atoms with Gasteiger partial charge in [0.25, 0.3) is 0 Å². The van der Waals surface area contributed by atoms with Gasteiger partial charge in [-0.05, 0) is 12.1 Å². The monoisotopic (exact) mass is 314 g/mol. The highest BCUT2D eigenvalue weighted by Gasteiger charge is 2.13. The number of methoxy groups -OCH3 is 1. The first kappa shape index (κ1) is 17.0. The smallest absolute Gasteiger partial charge is 0.337 e. The molecule has 1 rings (SSSR count). The summed E-state index contributed by atoms with van der Waals surface area (Å²) in [5.74, 6) is 0.165. The Labute approximate surface area is 125 Å². The van der Waals surface area contributed by atoms with Gasteiger partial charge in [0.1, 0.15) is 5.75 Å². The largest absolute Gasteiger partial charge is 0.497 e. The van der Waals surface area contributed by atoms with Crippen LogP contribution in [0, 0.1) is 0 Å². The Morgan fingerprint density at radius 1 is 1.38 bits per heavy atom. The highest BCUT2D eigenvalue weighted by molar-refractivity contribution is 7.84. The third-order valence-corrected chi connectivity index (χ3v) is 3.95. The van der Waals surface area contributed by atoms with Crippen LogP contribution in [-0.4, -0.2) is 46.5 Å². The van der Waals surface area contributed by atoms with E-state index >= 15 is 0 Å². The van der Waals surface area contributed by atoms with Gasteiger partial charge in [0.2, 0.25) is 0 Å². The Hall–Kier alpha value is -2.09. The van der Waals surface area contributed by atoms with Gasteiger partial charge < -0.3 is 20.5 Å². The lowest BCUT2D eigenvalue weighted by Gasteiger charge is -2.11. The van der Waals surface area contributed by atoms with Crippen LogP contribution in [0.1, 0.15) is 17.3 Å². The summed E-state index contributed by atoms with van der Waals surface area (Å²) in [6.45, 7) is 2.05. The molecule has 116 valence electrons. The van der Waals surface area contributed by atoms with E-state index in [2.05, 4.69) is 10.6 Å². The zero-order valence-corrected chi connectivity index (χ0v) is 12.7. The van der Waals surface area contributed by atoms with Gasteiger partial charge >= 0.3 is 12.0 Å². The molecule has 0 aliphatic rings. The molecule has 2 amide bonds. The summed E-state index contributed by atoms with van der Waals surface area (Å²) in [6.07, 6.45) is 0. The molecule has 0 heterocycles. The van der Waals surface area contributed by atoms with Crippen molar-refractivity contribution in [2.24, 2.45) is 0 Å². The minimum atomic E-state index is -1.15. The molecule has 0 fully saturated rings. The number of carbonyl (C=O) groups excluding carboxylic acids is 1. The van der Waals surface area contributed by atoms with E-state index in [1.807, 2.05) is 0 Å². The third kappa shape index (κ3) is 5.42. The second kappa shape index (κ2) is 8.25. The molecular weight excluding hydrogens is 296 g/mol. The van der Waals surface area contributed by atoms with E-state index in [9.17, 15) is 13.8 Å². The number of anilines is 1. The number of carbonyl (C=O) groups is 2. The molecular formula is C13H18N2O5S. The summed E-state index contributed by atoms with van der Waals surface area (Å²) in [6, 6.07) is 3.71. The van der Waals surface area contributed by atoms with Crippen molar-refractivity contribution < 1.29 is 23.6 Å². The topological polar surface area (TPSA) is 105 Å². The van der Waals surface area contributed by atoms with Gasteiger partial charge in [-0.25, -0.2) is 9.59 Å². The molecule has 8 heteroatoms. The van der Waals surface area contributed by atoms with Gasteiger partial charge in [-0.2, -0.15) is 0 Å². The van der Waals surface area contributed by atoms with Crippen molar-refractivity contribution in [3.63, 3.8) is 0 Å². The number of hydrogen-bond donors (Lipinski definition) is 3. The Balaban J connectivity index is 2.70. The molecule has 0 aliphatic carbocycles. The van der Waals surface area contributed by atoms with Crippen LogP contribution in [0.3, 0.4) is 0 Å². The summed E-state index contributed by atoms with van der Waals surface area (Å²) in [4.78, 5) is 22.8. The SMILES string of the molecule is CCS(=O)CCNC(=O)Nc1cc(OC)ccc1C(=O)O. The van der Waals surface area contributed by atoms with Crippen molar-refractivity contribution in [1.29, 1.82) is 0 Å². The number of carboxylic acids is 1. The van der Waals surface area contributed by atoms with Crippen molar-refractivity contribution in [2.75, 3.05) is 30.5 Å². The molecule has 3 N–H and O–H groups in total. The predicted octanol–water partition coefficient (Wildman–Crippen LogP) is 1.28. The van der Waals surface area contributed by atoms with Crippen LogP contribution in [0.2, 0.25) is 0 Å². The molecule has 1 atom stereocenters. The number of hydrogen-bond acceptors (Lipinski definition) is 4. The maximum absolute atomic E-state index is 11.7. The average molecular weight is 314 g/mol. The van der Waals surface area contributed by atoms with E-state index in [0.717, 1.165) is 0 Å². The fraction of sp³-hybridized carbons (Fsp3) is 0.385. The maximum Gasteiger partial charge on any atom is 0.337 e. The highest BCUT2D eigenvalue weighted by atomic mass is 32.2. The van der Waals surface area contributed by atoms with Gasteiger partial charge in [0.15, 0.2) is 0 Å². The molecule has 21 heavy (non-hydrogen) atoms. The third-order valence-electron chi connectivity index (χ3n) is 2.64. The van der Waals surface area contributed by atoms with E-state index < -0.39 is 22.8 Å². The zero-order chi connectivity index (χ0) is 15.8. The number of aromatic carboxylic acids is 1. The number of benzene rings is 1. The van der Waals surface area contributed by atoms with Crippen molar-refractivity contribution in [2.45, 2.75) is 6.92 Å². The second-order valence-corrected chi connectivity index (χ2v) is 5.90. The molecule has 0 saturated heterocycles. The van der Waals surface area contributed by atoms with Gasteiger partial charge in [-0.15, -0.1) is 0 Å². The van der Waals surface area contributed by atoms with Crippen LogP contribution < -0.4 is 15.4 Å². The van der Waals surface area contributed by atoms with E-state index in [1.54, 1.807) is 6.92 Å². The van der Waals surface area contributed by atoms with Crippen LogP contribution in [0.4, 0.5) is 10.5 Å². The van der Waals surface area contributed by atoms with Crippen molar-refractivity contribution >= 4 is 28.5 Å². The first-order valence-electron chi connectivity index (χ1n) is 6.29. The first-order valence-corrected chi connectivity index (χ1v) is 7.77. The first-order chi connectivity index (χ1) is 9.97. The number of nitrogens with one attached hydrogen (secondary N) is 2. The Morgan fingerprint density at radius 3 is 2.67 bits per heavy atom. The van der Waals surface area contributed by atoms with Gasteiger partial charge in [-0.3, -0.25) is 4.21 Å². The second-order valence-electron chi connectivity index (χ2n) is 4.03. The van der Waals surface area contributed by atoms with Gasteiger partial charge in [0.05, 0.1) is 18.4 Å². The van der Waals surface area contributed by atoms with Gasteiger partial charge in [-0.1, -0.05) is 6.92 Å². The van der Waals surface area contributed by atoms with E-state index in [0.29, 0.717) is 17.3 Å². The summed E-state index contributed by atoms with van der Waals surface area (Å²) >= 11 is 0. The molecule has 0 aromatic heterocycles. The molecule has 1 aromatic carbocycles. The molecule has 1 aromatic rings. The quantitative estimate of drug-likeness (QED) is 0.703. The fourth-order valence-electron chi connectivity index (χ4n) is 1.53. The van der Waals surface area contributed by atoms with Gasteiger partial charge in [0, 0.05) is 34.9 Å². The van der Waals surface area contributed by atoms with Crippen molar-refractivity contribution in [1.82, 2.24) is 5.32 Å². The van der Waals surface area contributed by atoms with Crippen LogP contribution in [-0.2, 0) is 10.8 Å². The lowest BCUT2D eigenvalue weighted by molar-refractivity contribution is 0.0698. The van der Waals surface area contributed by atoms with E-state index in [1.165, 1.54) is 25.3 Å². The van der Waals surface area contributed by atoms with Crippen molar-refractivity contribution in [3.05, 3.63) is 23.8 Å². The number of carboxylic acid groups (broad SMARTS) is 1. The summed E-state index contributed by atoms with van der Waals surface area (Å²) in [5, 5.41) is 14.0. The predicted molar refractivity (Wildman–Crippen MR) is 80.5 cm³/mol. The number of urea groups is 1. The molecule has 0 bridgehead atoms. The van der Waals surface area contributed by atoms with Crippen LogP contribution in [0.25, 0.3) is 0 Å². The highest BCUT2D eigenvalue weighted by Crippen LogP contribution is 2.22. The standard InChI is InChI=1S/C13H18N2O5S/c1-3-21(19)7-6-14-13(18)15-11-8-9(20-2)4-5-10(11)12(16)17/h4-5,8H,3,6-7H2,1-2H3,(H,16,17)(H2,14,15,18). The average Bonchev–Trinajstić information content (AvgIpc) is 2.46. The normalized spacial score (nSPS) is 11.5. The summed E-state index contributed by atoms with van der Waals surface area (Å²) in [7, 11) is 0.481. The molecule has 0 saturated carbocycles. The number of rotatable bonds is 7. The minimum absolute atomic E-state index is 0.0388. The lowest BCUT2D eigenvalue weighted by atomic mass is 10.1. The number of ether oxygens (including phenoxy) is 1. The molecule has 0 spiro atoms. The fourth-order valence-corrected chi connectivity index (χ4v) is 2.15. The van der Waals surface area contributed by atoms with E-state index in [-0.39, 0.29) is 17.8 Å². The lowest BCUT2D eigenvalue weighted by Crippen LogP contribution is -2.32. The summed E-state index contributed by atoms with van der Waals surface area (Å²) < 4.78 is 16.2. The van der Waals surface area contributed by atoms with E-state index in [4.69, 9.17) is 9.84 Å². The number of amides is 2. The Bertz CT molecular complexity index is 547. The molecule has 7 nitrogen and oxygen atoms in total. The summed E-state index contributed by atoms with van der Waals surface area (Å²) in [5.41, 5.74) is 0.0963. The van der Waals surface area contributed by atoms with Crippen LogP contribution in [0.15, 0.2) is 18.2 Å². The minimum Gasteiger partial charge on any atom is -0.497 e. The maximum atomic E-state index is 11.7. The molecule has 1 unspecified atom stereocenters. The zero-order valence-electron chi connectivity index (χ0n) is 11.8. The van der Waals surface area contributed by atoms with Crippen LogP contribution >= 0.6 is 0 Å². The van der Waals surface area contributed by atoms with Crippen LogP contribution in [0.5, 0.6) is 5.75 Å². The molecule has 0 aliphatic heterocycles. The Kier molecular flexibility index (Phi) is 6.67. The molecule has 0 radical (unpaired) electrons.